The molecule has 5 rings (SSSR count). The van der Waals surface area contributed by atoms with Crippen LogP contribution in [-0.4, -0.2) is 54.5 Å². The summed E-state index contributed by atoms with van der Waals surface area (Å²) in [4.78, 5) is 24.0. The minimum atomic E-state index is -0.225. The normalized spacial score (nSPS) is 15.2. The number of carbonyl (C=O) groups is 1. The van der Waals surface area contributed by atoms with Crippen molar-refractivity contribution in [3.8, 4) is 32.8 Å². The highest BCUT2D eigenvalue weighted by Crippen LogP contribution is 2.39. The Hall–Kier alpha value is -3.80. The topological polar surface area (TPSA) is 87.8 Å². The standard InChI is InChI=1S/C28H26N4O3S/c1-18(2)35-25-9-7-19(14-21(25)15-29)27-30-17-26(36-27)24-5-3-4-22-20(6-8-23(22)24)16-31-28(33)32-10-12-34-13-11-32/h3-7,9,14,16-18H,8,10-13H2,1-2H3. The van der Waals surface area contributed by atoms with E-state index in [9.17, 15) is 10.1 Å². The van der Waals surface area contributed by atoms with Gasteiger partial charge in [-0.25, -0.2) is 14.8 Å². The first-order chi connectivity index (χ1) is 17.5. The maximum atomic E-state index is 12.4. The number of nitrogens with zero attached hydrogens (tertiary/aromatic N) is 4. The zero-order chi connectivity index (χ0) is 25.1. The quantitative estimate of drug-likeness (QED) is 0.428. The van der Waals surface area contributed by atoms with Crippen molar-refractivity contribution in [1.82, 2.24) is 9.88 Å². The molecule has 0 N–H and O–H groups in total. The lowest BCUT2D eigenvalue weighted by atomic mass is 10.00. The van der Waals surface area contributed by atoms with Gasteiger partial charge in [0.2, 0.25) is 0 Å². The van der Waals surface area contributed by atoms with Crippen molar-refractivity contribution in [2.24, 2.45) is 4.99 Å². The van der Waals surface area contributed by atoms with Crippen LogP contribution in [0.25, 0.3) is 26.6 Å². The Kier molecular flexibility index (Phi) is 6.94. The first-order valence-corrected chi connectivity index (χ1v) is 12.8. The summed E-state index contributed by atoms with van der Waals surface area (Å²) in [5.41, 5.74) is 5.75. The fourth-order valence-electron chi connectivity index (χ4n) is 4.35. The number of ether oxygens (including phenoxy) is 2. The van der Waals surface area contributed by atoms with E-state index in [0.29, 0.717) is 37.6 Å². The smallest absolute Gasteiger partial charge is 0.343 e. The number of rotatable bonds is 5. The van der Waals surface area contributed by atoms with Gasteiger partial charge in [-0.1, -0.05) is 24.3 Å². The SMILES string of the molecule is CC(C)Oc1ccc(-c2ncc(-c3cccc4c3CC=C4C=NC(=O)N3CCOCC3)s2)cc1C#N. The Morgan fingerprint density at radius 1 is 1.25 bits per heavy atom. The van der Waals surface area contributed by atoms with Crippen molar-refractivity contribution in [3.05, 3.63) is 65.4 Å². The van der Waals surface area contributed by atoms with Crippen LogP contribution < -0.4 is 4.74 Å². The number of benzene rings is 2. The molecule has 0 atom stereocenters. The highest BCUT2D eigenvalue weighted by Gasteiger charge is 2.20. The van der Waals surface area contributed by atoms with E-state index in [2.05, 4.69) is 34.3 Å². The second-order valence-corrected chi connectivity index (χ2v) is 9.89. The lowest BCUT2D eigenvalue weighted by Gasteiger charge is -2.24. The highest BCUT2D eigenvalue weighted by molar-refractivity contribution is 7.18. The van der Waals surface area contributed by atoms with Crippen LogP contribution in [0.5, 0.6) is 5.75 Å². The molecule has 2 aromatic carbocycles. The van der Waals surface area contributed by atoms with Crippen LogP contribution in [0, 0.1) is 11.3 Å². The molecule has 182 valence electrons. The van der Waals surface area contributed by atoms with E-state index in [1.807, 2.05) is 44.3 Å². The number of hydrogen-bond acceptors (Lipinski definition) is 6. The van der Waals surface area contributed by atoms with Crippen molar-refractivity contribution in [2.75, 3.05) is 26.3 Å². The van der Waals surface area contributed by atoms with Gasteiger partial charge in [-0.3, -0.25) is 0 Å². The molecule has 2 heterocycles. The van der Waals surface area contributed by atoms with E-state index in [4.69, 9.17) is 9.47 Å². The zero-order valence-electron chi connectivity index (χ0n) is 20.2. The summed E-state index contributed by atoms with van der Waals surface area (Å²) in [5.74, 6) is 0.585. The Labute approximate surface area is 214 Å². The molecule has 1 aromatic heterocycles. The number of carbonyl (C=O) groups excluding carboxylic acids is 1. The predicted octanol–water partition coefficient (Wildman–Crippen LogP) is 5.60. The Balaban J connectivity index is 1.37. The third kappa shape index (κ3) is 4.94. The lowest BCUT2D eigenvalue weighted by molar-refractivity contribution is 0.0556. The van der Waals surface area contributed by atoms with Crippen molar-refractivity contribution in [1.29, 1.82) is 5.26 Å². The van der Waals surface area contributed by atoms with E-state index in [1.165, 1.54) is 5.56 Å². The van der Waals surface area contributed by atoms with Crippen LogP contribution in [0.15, 0.2) is 53.7 Å². The molecule has 8 heteroatoms. The van der Waals surface area contributed by atoms with Crippen LogP contribution in [0.3, 0.4) is 0 Å². The van der Waals surface area contributed by atoms with Gasteiger partial charge in [0.05, 0.1) is 29.8 Å². The molecule has 2 amide bonds. The molecule has 1 fully saturated rings. The van der Waals surface area contributed by atoms with E-state index in [-0.39, 0.29) is 12.1 Å². The highest BCUT2D eigenvalue weighted by atomic mass is 32.1. The molecule has 2 aliphatic rings. The van der Waals surface area contributed by atoms with Crippen LogP contribution in [0.1, 0.15) is 30.5 Å². The molecule has 0 saturated carbocycles. The molecule has 0 unspecified atom stereocenters. The van der Waals surface area contributed by atoms with Crippen molar-refractivity contribution < 1.29 is 14.3 Å². The number of nitriles is 1. The monoisotopic (exact) mass is 498 g/mol. The summed E-state index contributed by atoms with van der Waals surface area (Å²) >= 11 is 1.59. The molecule has 0 radical (unpaired) electrons. The average Bonchev–Trinajstić information content (AvgIpc) is 3.55. The first-order valence-electron chi connectivity index (χ1n) is 11.9. The molecule has 0 spiro atoms. The summed E-state index contributed by atoms with van der Waals surface area (Å²) in [6, 6.07) is 13.8. The van der Waals surface area contributed by atoms with E-state index in [0.717, 1.165) is 38.6 Å². The summed E-state index contributed by atoms with van der Waals surface area (Å²) in [5, 5.41) is 10.4. The first kappa shape index (κ1) is 23.9. The number of urea groups is 1. The number of aromatic nitrogens is 1. The predicted molar refractivity (Wildman–Crippen MR) is 141 cm³/mol. The number of aliphatic imine (C=N–C) groups is 1. The van der Waals surface area contributed by atoms with E-state index in [1.54, 1.807) is 22.5 Å². The van der Waals surface area contributed by atoms with Gasteiger partial charge in [-0.2, -0.15) is 5.26 Å². The fraction of sp³-hybridized carbons (Fsp3) is 0.286. The maximum absolute atomic E-state index is 12.4. The summed E-state index contributed by atoms with van der Waals surface area (Å²) in [6.45, 7) is 6.14. The van der Waals surface area contributed by atoms with Gasteiger partial charge in [0.15, 0.2) is 0 Å². The average molecular weight is 499 g/mol. The van der Waals surface area contributed by atoms with Gasteiger partial charge >= 0.3 is 6.03 Å². The van der Waals surface area contributed by atoms with Gasteiger partial charge in [-0.05, 0) is 60.7 Å². The third-order valence-corrected chi connectivity index (χ3v) is 7.17. The maximum Gasteiger partial charge on any atom is 0.343 e. The number of fused-ring (bicyclic) bond motifs is 1. The number of hydrogen-bond donors (Lipinski definition) is 0. The van der Waals surface area contributed by atoms with Crippen molar-refractivity contribution in [2.45, 2.75) is 26.4 Å². The summed E-state index contributed by atoms with van der Waals surface area (Å²) in [7, 11) is 0. The summed E-state index contributed by atoms with van der Waals surface area (Å²) in [6.07, 6.45) is 6.43. The van der Waals surface area contributed by atoms with Gasteiger partial charge in [0.1, 0.15) is 16.8 Å². The Morgan fingerprint density at radius 3 is 2.83 bits per heavy atom. The van der Waals surface area contributed by atoms with Gasteiger partial charge in [0.25, 0.3) is 0 Å². The number of amides is 2. The van der Waals surface area contributed by atoms with E-state index < -0.39 is 0 Å². The molecular formula is C28H26N4O3S. The molecule has 1 aliphatic heterocycles. The number of morpholine rings is 1. The zero-order valence-corrected chi connectivity index (χ0v) is 21.0. The van der Waals surface area contributed by atoms with Crippen LogP contribution in [0.2, 0.25) is 0 Å². The minimum Gasteiger partial charge on any atom is -0.490 e. The number of thiazole rings is 1. The second kappa shape index (κ2) is 10.4. The molecule has 1 aliphatic carbocycles. The van der Waals surface area contributed by atoms with Gasteiger partial charge in [-0.15, -0.1) is 11.3 Å². The lowest BCUT2D eigenvalue weighted by Crippen LogP contribution is -2.39. The Morgan fingerprint density at radius 2 is 2.06 bits per heavy atom. The molecule has 0 bridgehead atoms. The van der Waals surface area contributed by atoms with Crippen LogP contribution in [0.4, 0.5) is 4.79 Å². The number of allylic oxidation sites excluding steroid dienone is 2. The van der Waals surface area contributed by atoms with Crippen LogP contribution >= 0.6 is 11.3 Å². The molecule has 3 aromatic rings. The molecule has 7 nitrogen and oxygen atoms in total. The summed E-state index contributed by atoms with van der Waals surface area (Å²) < 4.78 is 11.1. The molecule has 1 saturated heterocycles. The Bertz CT molecular complexity index is 1390. The minimum absolute atomic E-state index is 0.00405. The van der Waals surface area contributed by atoms with Crippen LogP contribution in [-0.2, 0) is 11.2 Å². The largest absolute Gasteiger partial charge is 0.490 e. The van der Waals surface area contributed by atoms with Gasteiger partial charge in [0, 0.05) is 31.1 Å². The molecule has 36 heavy (non-hydrogen) atoms. The van der Waals surface area contributed by atoms with Gasteiger partial charge < -0.3 is 14.4 Å². The fourth-order valence-corrected chi connectivity index (χ4v) is 5.32. The van der Waals surface area contributed by atoms with E-state index >= 15 is 0 Å². The third-order valence-electron chi connectivity index (χ3n) is 6.09. The van der Waals surface area contributed by atoms with Crippen molar-refractivity contribution >= 4 is 29.2 Å². The van der Waals surface area contributed by atoms with Crippen molar-refractivity contribution in [3.63, 3.8) is 0 Å². The molecular weight excluding hydrogens is 472 g/mol. The second-order valence-electron chi connectivity index (χ2n) is 8.85.